The standard InChI is InChI=1S/C11H15BrN2O/c1-14(8-10-3-2-6-15-10)11-5-4-9(12)7-13-11/h4-5,7,10H,2-3,6,8H2,1H3. The number of likely N-dealkylation sites (N-methyl/N-ethyl adjacent to an activating group) is 1. The van der Waals surface area contributed by atoms with Crippen molar-refractivity contribution in [1.29, 1.82) is 0 Å². The molecule has 1 unspecified atom stereocenters. The summed E-state index contributed by atoms with van der Waals surface area (Å²) in [5.74, 6) is 0.994. The highest BCUT2D eigenvalue weighted by molar-refractivity contribution is 9.10. The molecule has 0 radical (unpaired) electrons. The number of aromatic nitrogens is 1. The molecule has 0 saturated carbocycles. The minimum absolute atomic E-state index is 0.375. The van der Waals surface area contributed by atoms with Gasteiger partial charge in [-0.05, 0) is 40.9 Å². The van der Waals surface area contributed by atoms with E-state index in [2.05, 4.69) is 32.9 Å². The minimum atomic E-state index is 0.375. The van der Waals surface area contributed by atoms with Crippen LogP contribution in [0.5, 0.6) is 0 Å². The number of pyridine rings is 1. The van der Waals surface area contributed by atoms with Crippen molar-refractivity contribution >= 4 is 21.7 Å². The maximum Gasteiger partial charge on any atom is 0.128 e. The molecule has 2 rings (SSSR count). The molecule has 1 aromatic rings. The van der Waals surface area contributed by atoms with Gasteiger partial charge in [0.15, 0.2) is 0 Å². The molecule has 0 N–H and O–H groups in total. The van der Waals surface area contributed by atoms with E-state index in [1.54, 1.807) is 0 Å². The fourth-order valence-electron chi connectivity index (χ4n) is 1.78. The van der Waals surface area contributed by atoms with Gasteiger partial charge >= 0.3 is 0 Å². The Morgan fingerprint density at radius 1 is 1.60 bits per heavy atom. The van der Waals surface area contributed by atoms with Crippen molar-refractivity contribution in [2.24, 2.45) is 0 Å². The van der Waals surface area contributed by atoms with Crippen LogP contribution in [0.15, 0.2) is 22.8 Å². The predicted octanol–water partition coefficient (Wildman–Crippen LogP) is 2.46. The van der Waals surface area contributed by atoms with Crippen LogP contribution in [0.1, 0.15) is 12.8 Å². The maximum atomic E-state index is 5.59. The van der Waals surface area contributed by atoms with Crippen molar-refractivity contribution in [3.05, 3.63) is 22.8 Å². The number of anilines is 1. The molecule has 0 amide bonds. The van der Waals surface area contributed by atoms with Gasteiger partial charge in [0.05, 0.1) is 6.10 Å². The van der Waals surface area contributed by atoms with Crippen molar-refractivity contribution in [3.63, 3.8) is 0 Å². The lowest BCUT2D eigenvalue weighted by molar-refractivity contribution is 0.116. The minimum Gasteiger partial charge on any atom is -0.376 e. The second kappa shape index (κ2) is 4.94. The van der Waals surface area contributed by atoms with Crippen molar-refractivity contribution in [2.45, 2.75) is 18.9 Å². The summed E-state index contributed by atoms with van der Waals surface area (Å²) < 4.78 is 6.60. The molecule has 1 aliphatic heterocycles. The first kappa shape index (κ1) is 10.9. The van der Waals surface area contributed by atoms with E-state index in [1.807, 2.05) is 18.3 Å². The van der Waals surface area contributed by atoms with Crippen LogP contribution in [0.25, 0.3) is 0 Å². The van der Waals surface area contributed by atoms with Crippen molar-refractivity contribution in [1.82, 2.24) is 4.98 Å². The topological polar surface area (TPSA) is 25.4 Å². The molecule has 1 aromatic heterocycles. The molecule has 3 nitrogen and oxygen atoms in total. The third-order valence-corrected chi connectivity index (χ3v) is 3.07. The normalized spacial score (nSPS) is 20.5. The summed E-state index contributed by atoms with van der Waals surface area (Å²) in [6, 6.07) is 4.02. The van der Waals surface area contributed by atoms with Crippen molar-refractivity contribution in [3.8, 4) is 0 Å². The van der Waals surface area contributed by atoms with Crippen molar-refractivity contribution in [2.75, 3.05) is 25.1 Å². The molecule has 0 bridgehead atoms. The molecule has 1 aliphatic rings. The van der Waals surface area contributed by atoms with Gasteiger partial charge in [0, 0.05) is 30.9 Å². The largest absolute Gasteiger partial charge is 0.376 e. The molecule has 1 fully saturated rings. The Morgan fingerprint density at radius 2 is 2.47 bits per heavy atom. The van der Waals surface area contributed by atoms with Crippen LogP contribution in [0.4, 0.5) is 5.82 Å². The Kier molecular flexibility index (Phi) is 3.59. The van der Waals surface area contributed by atoms with E-state index in [1.165, 1.54) is 12.8 Å². The van der Waals surface area contributed by atoms with Crippen LogP contribution in [-0.4, -0.2) is 31.3 Å². The zero-order valence-electron chi connectivity index (χ0n) is 8.82. The lowest BCUT2D eigenvalue weighted by Gasteiger charge is -2.21. The van der Waals surface area contributed by atoms with Crippen molar-refractivity contribution < 1.29 is 4.74 Å². The third-order valence-electron chi connectivity index (χ3n) is 2.60. The molecule has 0 aromatic carbocycles. The molecular formula is C11H15BrN2O. The zero-order chi connectivity index (χ0) is 10.7. The number of halogens is 1. The van der Waals surface area contributed by atoms with Gasteiger partial charge in [0.25, 0.3) is 0 Å². The van der Waals surface area contributed by atoms with Gasteiger partial charge in [-0.25, -0.2) is 4.98 Å². The van der Waals surface area contributed by atoms with Gasteiger partial charge in [0.2, 0.25) is 0 Å². The van der Waals surface area contributed by atoms with Crippen LogP contribution in [-0.2, 0) is 4.74 Å². The van der Waals surface area contributed by atoms with Crippen LogP contribution >= 0.6 is 15.9 Å². The predicted molar refractivity (Wildman–Crippen MR) is 64.2 cm³/mol. The van der Waals surface area contributed by atoms with Crippen LogP contribution in [0.2, 0.25) is 0 Å². The Labute approximate surface area is 98.6 Å². The zero-order valence-corrected chi connectivity index (χ0v) is 10.4. The number of ether oxygens (including phenoxy) is 1. The van der Waals surface area contributed by atoms with Gasteiger partial charge in [-0.1, -0.05) is 0 Å². The average Bonchev–Trinajstić information content (AvgIpc) is 2.71. The van der Waals surface area contributed by atoms with E-state index >= 15 is 0 Å². The maximum absolute atomic E-state index is 5.59. The fraction of sp³-hybridized carbons (Fsp3) is 0.545. The van der Waals surface area contributed by atoms with Crippen LogP contribution in [0, 0.1) is 0 Å². The molecule has 0 spiro atoms. The summed E-state index contributed by atoms with van der Waals surface area (Å²) in [6.07, 6.45) is 4.55. The lowest BCUT2D eigenvalue weighted by Crippen LogP contribution is -2.29. The lowest BCUT2D eigenvalue weighted by atomic mass is 10.2. The van der Waals surface area contributed by atoms with E-state index in [-0.39, 0.29) is 0 Å². The molecule has 2 heterocycles. The Bertz CT molecular complexity index is 309. The summed E-state index contributed by atoms with van der Waals surface area (Å²) in [4.78, 5) is 6.49. The smallest absolute Gasteiger partial charge is 0.128 e. The number of hydrogen-bond donors (Lipinski definition) is 0. The Balaban J connectivity index is 1.94. The summed E-state index contributed by atoms with van der Waals surface area (Å²) in [5, 5.41) is 0. The quantitative estimate of drug-likeness (QED) is 0.844. The van der Waals surface area contributed by atoms with E-state index in [0.29, 0.717) is 6.10 Å². The van der Waals surface area contributed by atoms with Crippen LogP contribution < -0.4 is 4.90 Å². The summed E-state index contributed by atoms with van der Waals surface area (Å²) >= 11 is 3.38. The highest BCUT2D eigenvalue weighted by atomic mass is 79.9. The SMILES string of the molecule is CN(CC1CCCO1)c1ccc(Br)cn1. The van der Waals surface area contributed by atoms with Gasteiger partial charge in [-0.2, -0.15) is 0 Å². The van der Waals surface area contributed by atoms with E-state index < -0.39 is 0 Å². The molecule has 0 aliphatic carbocycles. The van der Waals surface area contributed by atoms with Gasteiger partial charge in [-0.15, -0.1) is 0 Å². The molecule has 82 valence electrons. The third kappa shape index (κ3) is 2.92. The molecule has 1 atom stereocenters. The van der Waals surface area contributed by atoms with E-state index in [4.69, 9.17) is 4.74 Å². The first-order chi connectivity index (χ1) is 7.25. The van der Waals surface area contributed by atoms with Gasteiger partial charge in [-0.3, -0.25) is 0 Å². The monoisotopic (exact) mass is 270 g/mol. The highest BCUT2D eigenvalue weighted by Crippen LogP contribution is 2.17. The fourth-order valence-corrected chi connectivity index (χ4v) is 2.02. The van der Waals surface area contributed by atoms with E-state index in [0.717, 1.165) is 23.4 Å². The van der Waals surface area contributed by atoms with Gasteiger partial charge in [0.1, 0.15) is 5.82 Å². The molecular weight excluding hydrogens is 256 g/mol. The summed E-state index contributed by atoms with van der Waals surface area (Å²) in [6.45, 7) is 1.83. The Hall–Kier alpha value is -0.610. The Morgan fingerprint density at radius 3 is 3.07 bits per heavy atom. The first-order valence-electron chi connectivity index (χ1n) is 5.20. The molecule has 15 heavy (non-hydrogen) atoms. The second-order valence-electron chi connectivity index (χ2n) is 3.85. The average molecular weight is 271 g/mol. The number of rotatable bonds is 3. The summed E-state index contributed by atoms with van der Waals surface area (Å²) in [5.41, 5.74) is 0. The highest BCUT2D eigenvalue weighted by Gasteiger charge is 2.17. The number of nitrogens with zero attached hydrogens (tertiary/aromatic N) is 2. The second-order valence-corrected chi connectivity index (χ2v) is 4.77. The molecule has 1 saturated heterocycles. The van der Waals surface area contributed by atoms with Crippen LogP contribution in [0.3, 0.4) is 0 Å². The molecule has 4 heteroatoms. The first-order valence-corrected chi connectivity index (χ1v) is 5.99. The van der Waals surface area contributed by atoms with E-state index in [9.17, 15) is 0 Å². The summed E-state index contributed by atoms with van der Waals surface area (Å²) in [7, 11) is 2.05. The number of hydrogen-bond acceptors (Lipinski definition) is 3. The van der Waals surface area contributed by atoms with Gasteiger partial charge < -0.3 is 9.64 Å².